The Morgan fingerprint density at radius 1 is 1.26 bits per heavy atom. The van der Waals surface area contributed by atoms with E-state index in [0.717, 1.165) is 44.0 Å². The summed E-state index contributed by atoms with van der Waals surface area (Å²) in [5, 5.41) is 10.4. The van der Waals surface area contributed by atoms with Crippen LogP contribution in [0.4, 0.5) is 5.00 Å². The fourth-order valence-electron chi connectivity index (χ4n) is 3.39. The molecule has 2 aromatic rings. The van der Waals surface area contributed by atoms with Crippen molar-refractivity contribution in [2.45, 2.75) is 32.4 Å². The second kappa shape index (κ2) is 11.6. The molecule has 1 amide bonds. The number of nitrogens with one attached hydrogen (secondary N) is 2. The van der Waals surface area contributed by atoms with E-state index in [0.29, 0.717) is 18.3 Å². The fourth-order valence-corrected chi connectivity index (χ4v) is 4.17. The van der Waals surface area contributed by atoms with Gasteiger partial charge in [-0.15, -0.1) is 11.3 Å². The van der Waals surface area contributed by atoms with Gasteiger partial charge in [0, 0.05) is 39.8 Å². The zero-order valence-corrected chi connectivity index (χ0v) is 19.5. The first-order valence-corrected chi connectivity index (χ1v) is 11.7. The van der Waals surface area contributed by atoms with Crippen LogP contribution in [-0.4, -0.2) is 63.1 Å². The third-order valence-electron chi connectivity index (χ3n) is 5.18. The number of likely N-dealkylation sites (N-methyl/N-ethyl adjacent to an activating group) is 1. The lowest BCUT2D eigenvalue weighted by molar-refractivity contribution is -0.130. The Hall–Kier alpha value is -2.74. The lowest BCUT2D eigenvalue weighted by Gasteiger charge is -2.33. The number of carbonyl (C=O) groups is 1. The number of hydrogen-bond donors (Lipinski definition) is 2. The van der Waals surface area contributed by atoms with Crippen molar-refractivity contribution in [3.63, 3.8) is 0 Å². The number of thiophene rings is 1. The highest BCUT2D eigenvalue weighted by Crippen LogP contribution is 2.24. The Labute approximate surface area is 189 Å². The van der Waals surface area contributed by atoms with Gasteiger partial charge in [-0.2, -0.15) is 0 Å². The third-order valence-corrected chi connectivity index (χ3v) is 6.11. The van der Waals surface area contributed by atoms with Crippen molar-refractivity contribution in [1.29, 1.82) is 0 Å². The molecule has 2 N–H and O–H groups in total. The van der Waals surface area contributed by atoms with Crippen molar-refractivity contribution >= 4 is 28.2 Å². The number of nitrogens with zero attached hydrogens (tertiary/aromatic N) is 3. The van der Waals surface area contributed by atoms with Crippen LogP contribution in [0, 0.1) is 0 Å². The topological polar surface area (TPSA) is 69.2 Å². The normalized spacial score (nSPS) is 14.9. The molecular formula is C23H33N5O2S. The van der Waals surface area contributed by atoms with Gasteiger partial charge in [-0.25, -0.2) is 4.99 Å². The molecule has 168 valence electrons. The largest absolute Gasteiger partial charge is 0.484 e. The van der Waals surface area contributed by atoms with Gasteiger partial charge >= 0.3 is 0 Å². The maximum atomic E-state index is 11.7. The number of piperidine rings is 1. The molecule has 0 spiro atoms. The Kier molecular flexibility index (Phi) is 8.58. The van der Waals surface area contributed by atoms with Crippen LogP contribution in [0.25, 0.3) is 0 Å². The molecule has 0 aliphatic carbocycles. The summed E-state index contributed by atoms with van der Waals surface area (Å²) in [6.07, 6.45) is 2.18. The van der Waals surface area contributed by atoms with Gasteiger partial charge in [-0.1, -0.05) is 12.1 Å². The van der Waals surface area contributed by atoms with E-state index in [1.165, 1.54) is 9.90 Å². The number of amides is 1. The van der Waals surface area contributed by atoms with Crippen LogP contribution in [0.3, 0.4) is 0 Å². The highest BCUT2D eigenvalue weighted by Gasteiger charge is 2.20. The maximum Gasteiger partial charge on any atom is 0.259 e. The van der Waals surface area contributed by atoms with Gasteiger partial charge < -0.3 is 25.2 Å². The van der Waals surface area contributed by atoms with Crippen molar-refractivity contribution < 1.29 is 9.53 Å². The second-order valence-corrected chi connectivity index (χ2v) is 8.70. The molecule has 0 atom stereocenters. The molecule has 0 radical (unpaired) electrons. The zero-order chi connectivity index (χ0) is 22.1. The molecule has 3 rings (SSSR count). The SMILES string of the molecule is CCNC(=NCc1cccc(OCC(=O)N(C)C)c1)NC1CCN(c2cccs2)CC1. The maximum absolute atomic E-state index is 11.7. The molecule has 31 heavy (non-hydrogen) atoms. The van der Waals surface area contributed by atoms with Crippen molar-refractivity contribution in [1.82, 2.24) is 15.5 Å². The van der Waals surface area contributed by atoms with Crippen LogP contribution in [0.15, 0.2) is 46.8 Å². The molecule has 1 saturated heterocycles. The van der Waals surface area contributed by atoms with E-state index < -0.39 is 0 Å². The summed E-state index contributed by atoms with van der Waals surface area (Å²) in [6, 6.07) is 12.5. The number of aliphatic imine (C=N–C) groups is 1. The van der Waals surface area contributed by atoms with Crippen molar-refractivity contribution in [3.8, 4) is 5.75 Å². The summed E-state index contributed by atoms with van der Waals surface area (Å²) in [6.45, 7) is 5.59. The molecule has 1 aromatic carbocycles. The van der Waals surface area contributed by atoms with Gasteiger partial charge in [0.2, 0.25) is 0 Å². The van der Waals surface area contributed by atoms with E-state index in [1.807, 2.05) is 24.3 Å². The van der Waals surface area contributed by atoms with Crippen molar-refractivity contribution in [2.75, 3.05) is 45.2 Å². The molecule has 8 heteroatoms. The van der Waals surface area contributed by atoms with Crippen LogP contribution >= 0.6 is 11.3 Å². The van der Waals surface area contributed by atoms with Crippen molar-refractivity contribution in [2.24, 2.45) is 4.99 Å². The Morgan fingerprint density at radius 3 is 2.74 bits per heavy atom. The molecule has 0 unspecified atom stereocenters. The molecule has 1 aromatic heterocycles. The summed E-state index contributed by atoms with van der Waals surface area (Å²) < 4.78 is 5.61. The summed E-state index contributed by atoms with van der Waals surface area (Å²) in [5.41, 5.74) is 1.04. The quantitative estimate of drug-likeness (QED) is 0.485. The van der Waals surface area contributed by atoms with Gasteiger partial charge in [0.05, 0.1) is 11.5 Å². The van der Waals surface area contributed by atoms with E-state index in [-0.39, 0.29) is 12.5 Å². The Morgan fingerprint density at radius 2 is 2.06 bits per heavy atom. The monoisotopic (exact) mass is 443 g/mol. The number of ether oxygens (including phenoxy) is 1. The molecule has 1 aliphatic heterocycles. The highest BCUT2D eigenvalue weighted by atomic mass is 32.1. The van der Waals surface area contributed by atoms with Gasteiger partial charge in [0.25, 0.3) is 5.91 Å². The molecule has 7 nitrogen and oxygen atoms in total. The van der Waals surface area contributed by atoms with E-state index in [2.05, 4.69) is 40.0 Å². The minimum Gasteiger partial charge on any atom is -0.484 e. The zero-order valence-electron chi connectivity index (χ0n) is 18.6. The van der Waals surface area contributed by atoms with Crippen LogP contribution in [0.5, 0.6) is 5.75 Å². The first kappa shape index (κ1) is 22.9. The van der Waals surface area contributed by atoms with E-state index >= 15 is 0 Å². The van der Waals surface area contributed by atoms with Gasteiger partial charge in [-0.3, -0.25) is 4.79 Å². The lowest BCUT2D eigenvalue weighted by Crippen LogP contribution is -2.48. The van der Waals surface area contributed by atoms with Crippen molar-refractivity contribution in [3.05, 3.63) is 47.3 Å². The predicted molar refractivity (Wildman–Crippen MR) is 128 cm³/mol. The third kappa shape index (κ3) is 7.17. The standard InChI is InChI=1S/C23H33N5O2S/c1-4-24-23(26-19-10-12-28(13-11-19)22-9-6-14-31-22)25-16-18-7-5-8-20(15-18)30-17-21(29)27(2)3/h5-9,14-15,19H,4,10-13,16-17H2,1-3H3,(H2,24,25,26). The number of hydrogen-bond acceptors (Lipinski definition) is 5. The second-order valence-electron chi connectivity index (χ2n) is 7.78. The fraction of sp³-hybridized carbons (Fsp3) is 0.478. The summed E-state index contributed by atoms with van der Waals surface area (Å²) in [7, 11) is 3.44. The smallest absolute Gasteiger partial charge is 0.259 e. The number of guanidine groups is 1. The summed E-state index contributed by atoms with van der Waals surface area (Å²) in [4.78, 5) is 20.5. The van der Waals surface area contributed by atoms with E-state index in [9.17, 15) is 4.79 Å². The molecule has 0 bridgehead atoms. The average Bonchev–Trinajstić information content (AvgIpc) is 3.32. The highest BCUT2D eigenvalue weighted by molar-refractivity contribution is 7.14. The van der Waals surface area contributed by atoms with Gasteiger partial charge in [0.1, 0.15) is 5.75 Å². The average molecular weight is 444 g/mol. The molecule has 1 aliphatic rings. The van der Waals surface area contributed by atoms with Gasteiger partial charge in [0.15, 0.2) is 12.6 Å². The number of benzene rings is 1. The molecule has 2 heterocycles. The van der Waals surface area contributed by atoms with Crippen LogP contribution in [-0.2, 0) is 11.3 Å². The summed E-state index contributed by atoms with van der Waals surface area (Å²) in [5.74, 6) is 1.46. The Bertz CT molecular complexity index is 845. The number of anilines is 1. The van der Waals surface area contributed by atoms with Crippen LogP contribution < -0.4 is 20.3 Å². The Balaban J connectivity index is 1.52. The molecule has 1 fully saturated rings. The first-order valence-electron chi connectivity index (χ1n) is 10.8. The minimum absolute atomic E-state index is 0.0358. The first-order chi connectivity index (χ1) is 15.0. The number of carbonyl (C=O) groups excluding carboxylic acids is 1. The van der Waals surface area contributed by atoms with E-state index in [4.69, 9.17) is 9.73 Å². The molecule has 0 saturated carbocycles. The minimum atomic E-state index is -0.0628. The van der Waals surface area contributed by atoms with Crippen LogP contribution in [0.2, 0.25) is 0 Å². The summed E-state index contributed by atoms with van der Waals surface area (Å²) >= 11 is 1.80. The predicted octanol–water partition coefficient (Wildman–Crippen LogP) is 2.94. The number of rotatable bonds is 8. The van der Waals surface area contributed by atoms with Gasteiger partial charge in [-0.05, 0) is 55.0 Å². The molecular weight excluding hydrogens is 410 g/mol. The van der Waals surface area contributed by atoms with Crippen LogP contribution in [0.1, 0.15) is 25.3 Å². The lowest BCUT2D eigenvalue weighted by atomic mass is 10.1. The van der Waals surface area contributed by atoms with E-state index in [1.54, 1.807) is 25.4 Å².